The van der Waals surface area contributed by atoms with Crippen molar-refractivity contribution < 1.29 is 18.0 Å². The van der Waals surface area contributed by atoms with Gasteiger partial charge < -0.3 is 10.2 Å². The van der Waals surface area contributed by atoms with Crippen LogP contribution in [-0.2, 0) is 26.2 Å². The van der Waals surface area contributed by atoms with Gasteiger partial charge >= 0.3 is 0 Å². The van der Waals surface area contributed by atoms with E-state index in [1.807, 2.05) is 13.8 Å². The number of hydrogen-bond acceptors (Lipinski definition) is 4. The topological polar surface area (TPSA) is 86.8 Å². The molecule has 1 fully saturated rings. The first-order chi connectivity index (χ1) is 20.0. The molecular formula is C31H34Cl3N3O4S. The summed E-state index contributed by atoms with van der Waals surface area (Å²) in [6, 6.07) is 17.0. The molecule has 1 N–H and O–H groups in total. The lowest BCUT2D eigenvalue weighted by molar-refractivity contribution is -0.140. The predicted octanol–water partition coefficient (Wildman–Crippen LogP) is 7.02. The highest BCUT2D eigenvalue weighted by molar-refractivity contribution is 7.92. The number of hydrogen-bond donors (Lipinski definition) is 1. The van der Waals surface area contributed by atoms with Crippen LogP contribution in [0.2, 0.25) is 15.1 Å². The minimum atomic E-state index is -4.21. The maximum atomic E-state index is 14.2. The molecule has 0 unspecified atom stereocenters. The van der Waals surface area contributed by atoms with Crippen LogP contribution in [0.5, 0.6) is 0 Å². The van der Waals surface area contributed by atoms with Gasteiger partial charge in [-0.2, -0.15) is 0 Å². The number of aryl methyl sites for hydroxylation is 1. The van der Waals surface area contributed by atoms with Gasteiger partial charge in [0.05, 0.1) is 20.6 Å². The van der Waals surface area contributed by atoms with E-state index in [0.29, 0.717) is 11.4 Å². The molecule has 0 aromatic heterocycles. The molecule has 224 valence electrons. The van der Waals surface area contributed by atoms with Gasteiger partial charge in [-0.1, -0.05) is 84.4 Å². The number of sulfonamides is 1. The monoisotopic (exact) mass is 649 g/mol. The minimum Gasteiger partial charge on any atom is -0.352 e. The summed E-state index contributed by atoms with van der Waals surface area (Å²) in [5, 5.41) is 4.03. The van der Waals surface area contributed by atoms with Crippen LogP contribution in [0, 0.1) is 6.92 Å². The zero-order chi connectivity index (χ0) is 30.4. The van der Waals surface area contributed by atoms with Gasteiger partial charge in [0.25, 0.3) is 10.0 Å². The van der Waals surface area contributed by atoms with E-state index in [-0.39, 0.29) is 39.1 Å². The second-order valence-corrected chi connectivity index (χ2v) is 13.6. The molecule has 11 heteroatoms. The Morgan fingerprint density at radius 2 is 1.57 bits per heavy atom. The van der Waals surface area contributed by atoms with E-state index < -0.39 is 28.5 Å². The van der Waals surface area contributed by atoms with Crippen molar-refractivity contribution in [3.63, 3.8) is 0 Å². The van der Waals surface area contributed by atoms with Gasteiger partial charge in [0.15, 0.2) is 0 Å². The number of anilines is 1. The average Bonchev–Trinajstić information content (AvgIpc) is 3.47. The van der Waals surface area contributed by atoms with Gasteiger partial charge in [-0.3, -0.25) is 13.9 Å². The Morgan fingerprint density at radius 3 is 2.17 bits per heavy atom. The summed E-state index contributed by atoms with van der Waals surface area (Å²) in [7, 11) is -4.21. The first kappa shape index (κ1) is 32.1. The Morgan fingerprint density at radius 1 is 0.929 bits per heavy atom. The molecule has 0 bridgehead atoms. The summed E-state index contributed by atoms with van der Waals surface area (Å²) in [5.74, 6) is -0.797. The molecule has 7 nitrogen and oxygen atoms in total. The molecule has 0 spiro atoms. The van der Waals surface area contributed by atoms with Crippen LogP contribution < -0.4 is 9.62 Å². The van der Waals surface area contributed by atoms with Crippen LogP contribution in [0.15, 0.2) is 71.6 Å². The van der Waals surface area contributed by atoms with Crippen molar-refractivity contribution in [2.45, 2.75) is 69.5 Å². The molecule has 0 heterocycles. The quantitative estimate of drug-likeness (QED) is 0.242. The fourth-order valence-corrected chi connectivity index (χ4v) is 6.90. The van der Waals surface area contributed by atoms with Gasteiger partial charge in [-0.05, 0) is 74.2 Å². The molecule has 0 radical (unpaired) electrons. The molecule has 3 aromatic rings. The smallest absolute Gasteiger partial charge is 0.264 e. The lowest BCUT2D eigenvalue weighted by Crippen LogP contribution is -2.53. The van der Waals surface area contributed by atoms with Crippen LogP contribution >= 0.6 is 34.8 Å². The van der Waals surface area contributed by atoms with E-state index in [9.17, 15) is 18.0 Å². The minimum absolute atomic E-state index is 0.0160. The van der Waals surface area contributed by atoms with Gasteiger partial charge in [-0.25, -0.2) is 8.42 Å². The lowest BCUT2D eigenvalue weighted by Gasteiger charge is -2.34. The number of carbonyl (C=O) groups excluding carboxylic acids is 2. The molecule has 1 aliphatic carbocycles. The molecule has 42 heavy (non-hydrogen) atoms. The van der Waals surface area contributed by atoms with Crippen LogP contribution in [0.25, 0.3) is 0 Å². The lowest BCUT2D eigenvalue weighted by atomic mass is 10.1. The highest BCUT2D eigenvalue weighted by Gasteiger charge is 2.34. The van der Waals surface area contributed by atoms with E-state index in [2.05, 4.69) is 5.32 Å². The molecule has 0 saturated heterocycles. The second kappa shape index (κ2) is 14.1. The number of amides is 2. The summed E-state index contributed by atoms with van der Waals surface area (Å²) in [5.41, 5.74) is 1.81. The number of benzene rings is 3. The first-order valence-corrected chi connectivity index (χ1v) is 16.5. The number of nitrogens with zero attached hydrogens (tertiary/aromatic N) is 2. The summed E-state index contributed by atoms with van der Waals surface area (Å²) in [6.45, 7) is 3.22. The van der Waals surface area contributed by atoms with Crippen molar-refractivity contribution in [3.05, 3.63) is 92.9 Å². The highest BCUT2D eigenvalue weighted by Crippen LogP contribution is 2.31. The van der Waals surface area contributed by atoms with E-state index in [4.69, 9.17) is 34.8 Å². The Bertz CT molecular complexity index is 1510. The Labute approximate surface area is 262 Å². The second-order valence-electron chi connectivity index (χ2n) is 10.5. The van der Waals surface area contributed by atoms with Crippen molar-refractivity contribution in [2.75, 3.05) is 10.8 Å². The summed E-state index contributed by atoms with van der Waals surface area (Å²) >= 11 is 18.5. The molecule has 3 aromatic carbocycles. The van der Waals surface area contributed by atoms with Crippen molar-refractivity contribution in [1.29, 1.82) is 0 Å². The van der Waals surface area contributed by atoms with Crippen molar-refractivity contribution in [1.82, 2.24) is 10.2 Å². The van der Waals surface area contributed by atoms with Crippen LogP contribution in [-0.4, -0.2) is 43.8 Å². The molecule has 4 rings (SSSR count). The number of halogens is 3. The fourth-order valence-electron chi connectivity index (χ4n) is 5.08. The zero-order valence-corrected chi connectivity index (χ0v) is 26.6. The largest absolute Gasteiger partial charge is 0.352 e. The SMILES string of the molecule is CC[C@H](C(=O)NC1CCCC1)N(Cc1ccc(Cl)cc1)C(=O)CN(c1ccc(Cl)c(Cl)c1)S(=O)(=O)c1ccc(C)cc1. The fraction of sp³-hybridized carbons (Fsp3) is 0.355. The van der Waals surface area contributed by atoms with E-state index in [0.717, 1.165) is 41.1 Å². The summed E-state index contributed by atoms with van der Waals surface area (Å²) in [4.78, 5) is 29.2. The normalized spacial score (nSPS) is 14.4. The van der Waals surface area contributed by atoms with E-state index >= 15 is 0 Å². The number of carbonyl (C=O) groups is 2. The standard InChI is InChI=1S/C31H34Cl3N3O4S/c1-3-29(31(39)35-24-6-4-5-7-24)36(19-22-10-12-23(32)13-11-22)30(38)20-37(25-14-17-27(33)28(34)18-25)42(40,41)26-15-8-21(2)9-16-26/h8-18,24,29H,3-7,19-20H2,1-2H3,(H,35,39)/t29-/m1/s1. The van der Waals surface area contributed by atoms with Gasteiger partial charge in [0, 0.05) is 17.6 Å². The van der Waals surface area contributed by atoms with E-state index in [1.54, 1.807) is 36.4 Å². The van der Waals surface area contributed by atoms with Gasteiger partial charge in [0.1, 0.15) is 12.6 Å². The molecule has 1 aliphatic rings. The molecule has 0 aliphatic heterocycles. The van der Waals surface area contributed by atoms with Crippen LogP contribution in [0.4, 0.5) is 5.69 Å². The first-order valence-electron chi connectivity index (χ1n) is 13.9. The summed E-state index contributed by atoms with van der Waals surface area (Å²) < 4.78 is 29.0. The Hall–Kier alpha value is -2.78. The zero-order valence-electron chi connectivity index (χ0n) is 23.5. The van der Waals surface area contributed by atoms with Crippen LogP contribution in [0.3, 0.4) is 0 Å². The number of rotatable bonds is 11. The van der Waals surface area contributed by atoms with Gasteiger partial charge in [-0.15, -0.1) is 0 Å². The maximum Gasteiger partial charge on any atom is 0.264 e. The molecule has 2 amide bonds. The van der Waals surface area contributed by atoms with Crippen molar-refractivity contribution >= 4 is 62.3 Å². The molecule has 1 atom stereocenters. The Kier molecular flexibility index (Phi) is 10.8. The number of nitrogens with one attached hydrogen (secondary N) is 1. The van der Waals surface area contributed by atoms with Crippen molar-refractivity contribution in [3.8, 4) is 0 Å². The third-order valence-electron chi connectivity index (χ3n) is 7.43. The third kappa shape index (κ3) is 7.78. The average molecular weight is 651 g/mol. The van der Waals surface area contributed by atoms with Crippen LogP contribution in [0.1, 0.15) is 50.2 Å². The third-order valence-corrected chi connectivity index (χ3v) is 10.2. The predicted molar refractivity (Wildman–Crippen MR) is 169 cm³/mol. The maximum absolute atomic E-state index is 14.2. The molecular weight excluding hydrogens is 617 g/mol. The summed E-state index contributed by atoms with van der Waals surface area (Å²) in [6.07, 6.45) is 4.23. The van der Waals surface area contributed by atoms with Gasteiger partial charge in [0.2, 0.25) is 11.8 Å². The van der Waals surface area contributed by atoms with Crippen molar-refractivity contribution in [2.24, 2.45) is 0 Å². The Balaban J connectivity index is 1.73. The highest BCUT2D eigenvalue weighted by atomic mass is 35.5. The molecule has 1 saturated carbocycles. The van der Waals surface area contributed by atoms with E-state index in [1.165, 1.54) is 35.2 Å².